The number of carbonyl (C=O) groups excluding carboxylic acids is 1. The van der Waals surface area contributed by atoms with Crippen molar-refractivity contribution < 1.29 is 4.79 Å². The first-order valence-electron chi connectivity index (χ1n) is 10.2. The first-order chi connectivity index (χ1) is 13.6. The molecular formula is C21H29ClN4OS. The van der Waals surface area contributed by atoms with Gasteiger partial charge >= 0.3 is 0 Å². The third-order valence-corrected chi connectivity index (χ3v) is 6.41. The van der Waals surface area contributed by atoms with Crippen LogP contribution in [0.4, 0.5) is 5.13 Å². The van der Waals surface area contributed by atoms with Gasteiger partial charge in [0.15, 0.2) is 0 Å². The quantitative estimate of drug-likeness (QED) is 0.623. The van der Waals surface area contributed by atoms with E-state index in [1.807, 2.05) is 29.2 Å². The fourth-order valence-corrected chi connectivity index (χ4v) is 4.42. The van der Waals surface area contributed by atoms with Crippen molar-refractivity contribution in [2.45, 2.75) is 46.0 Å². The Balaban J connectivity index is 1.53. The molecule has 0 bridgehead atoms. The third kappa shape index (κ3) is 5.45. The molecule has 2 aromatic rings. The Morgan fingerprint density at radius 2 is 1.89 bits per heavy atom. The molecule has 5 nitrogen and oxygen atoms in total. The highest BCUT2D eigenvalue weighted by Gasteiger charge is 2.27. The van der Waals surface area contributed by atoms with E-state index in [2.05, 4.69) is 23.1 Å². The van der Waals surface area contributed by atoms with Gasteiger partial charge in [-0.3, -0.25) is 4.79 Å². The average molecular weight is 421 g/mol. The van der Waals surface area contributed by atoms with Crippen LogP contribution in [-0.2, 0) is 11.2 Å². The standard InChI is InChI=1S/C21H29ClN4OS/c1-3-5-6-17(4-2)20(27)25-11-13-26(14-12-25)21-23-19(24-28-21)15-16-7-9-18(22)10-8-16/h7-10,17H,3-6,11-15H2,1-2H3/t17-/m0/s1. The molecule has 0 unspecified atom stereocenters. The Morgan fingerprint density at radius 1 is 1.18 bits per heavy atom. The number of carbonyl (C=O) groups is 1. The van der Waals surface area contributed by atoms with Crippen LogP contribution in [-0.4, -0.2) is 46.3 Å². The Hall–Kier alpha value is -1.66. The molecule has 2 heterocycles. The van der Waals surface area contributed by atoms with Crippen LogP contribution in [0.5, 0.6) is 0 Å². The molecule has 1 fully saturated rings. The van der Waals surface area contributed by atoms with Crippen molar-refractivity contribution in [1.29, 1.82) is 0 Å². The number of rotatable bonds is 8. The molecule has 1 aliphatic rings. The topological polar surface area (TPSA) is 49.3 Å². The molecule has 0 aliphatic carbocycles. The molecule has 0 N–H and O–H groups in total. The van der Waals surface area contributed by atoms with Gasteiger partial charge in [0.2, 0.25) is 11.0 Å². The van der Waals surface area contributed by atoms with Gasteiger partial charge < -0.3 is 9.80 Å². The Kier molecular flexibility index (Phi) is 7.68. The molecule has 0 radical (unpaired) electrons. The highest BCUT2D eigenvalue weighted by Crippen LogP contribution is 2.23. The Morgan fingerprint density at radius 3 is 2.54 bits per heavy atom. The lowest BCUT2D eigenvalue weighted by Gasteiger charge is -2.36. The monoisotopic (exact) mass is 420 g/mol. The van der Waals surface area contributed by atoms with Crippen LogP contribution in [0, 0.1) is 5.92 Å². The van der Waals surface area contributed by atoms with Gasteiger partial charge in [-0.2, -0.15) is 4.37 Å². The summed E-state index contributed by atoms with van der Waals surface area (Å²) in [5.74, 6) is 1.35. The van der Waals surface area contributed by atoms with Gasteiger partial charge in [0.05, 0.1) is 0 Å². The SMILES string of the molecule is CCCC[C@H](CC)C(=O)N1CCN(c2nc(Cc3ccc(Cl)cc3)ns2)CC1. The van der Waals surface area contributed by atoms with Crippen molar-refractivity contribution in [3.8, 4) is 0 Å². The number of hydrogen-bond donors (Lipinski definition) is 0. The van der Waals surface area contributed by atoms with E-state index >= 15 is 0 Å². The maximum atomic E-state index is 12.8. The van der Waals surface area contributed by atoms with Gasteiger partial charge in [-0.05, 0) is 30.5 Å². The number of hydrogen-bond acceptors (Lipinski definition) is 5. The maximum absolute atomic E-state index is 12.8. The molecule has 3 rings (SSSR count). The number of benzene rings is 1. The summed E-state index contributed by atoms with van der Waals surface area (Å²) in [6.07, 6.45) is 4.93. The summed E-state index contributed by atoms with van der Waals surface area (Å²) in [5, 5.41) is 1.69. The molecule has 1 saturated heterocycles. The third-order valence-electron chi connectivity index (χ3n) is 5.34. The zero-order valence-electron chi connectivity index (χ0n) is 16.7. The van der Waals surface area contributed by atoms with Crippen LogP contribution < -0.4 is 4.90 Å². The van der Waals surface area contributed by atoms with Gasteiger partial charge in [0.25, 0.3) is 0 Å². The van der Waals surface area contributed by atoms with E-state index in [4.69, 9.17) is 16.6 Å². The van der Waals surface area contributed by atoms with E-state index in [0.29, 0.717) is 12.3 Å². The zero-order chi connectivity index (χ0) is 19.9. The normalized spacial score (nSPS) is 15.7. The molecule has 1 aromatic carbocycles. The van der Waals surface area contributed by atoms with Gasteiger partial charge in [-0.15, -0.1) is 0 Å². The van der Waals surface area contributed by atoms with Crippen molar-refractivity contribution >= 4 is 34.2 Å². The highest BCUT2D eigenvalue weighted by molar-refractivity contribution is 7.09. The summed E-state index contributed by atoms with van der Waals surface area (Å²) in [4.78, 5) is 21.8. The molecule has 28 heavy (non-hydrogen) atoms. The fourth-order valence-electron chi connectivity index (χ4n) is 3.56. The first-order valence-corrected chi connectivity index (χ1v) is 11.4. The molecule has 7 heteroatoms. The number of piperazine rings is 1. The van der Waals surface area contributed by atoms with Crippen molar-refractivity contribution in [3.63, 3.8) is 0 Å². The summed E-state index contributed by atoms with van der Waals surface area (Å²) < 4.78 is 4.51. The van der Waals surface area contributed by atoms with E-state index < -0.39 is 0 Å². The van der Waals surface area contributed by atoms with Gasteiger partial charge in [-0.1, -0.05) is 50.4 Å². The molecular weight excluding hydrogens is 392 g/mol. The first kappa shape index (κ1) is 21.1. The van der Waals surface area contributed by atoms with Crippen molar-refractivity contribution in [3.05, 3.63) is 40.7 Å². The largest absolute Gasteiger partial charge is 0.343 e. The molecule has 0 saturated carbocycles. The molecule has 1 atom stereocenters. The number of anilines is 1. The molecule has 1 amide bonds. The predicted octanol–water partition coefficient (Wildman–Crippen LogP) is 4.65. The van der Waals surface area contributed by atoms with Gasteiger partial charge in [0.1, 0.15) is 5.82 Å². The van der Waals surface area contributed by atoms with Crippen LogP contribution in [0.2, 0.25) is 5.02 Å². The van der Waals surface area contributed by atoms with Crippen LogP contribution in [0.1, 0.15) is 50.9 Å². The second-order valence-electron chi connectivity index (χ2n) is 7.36. The van der Waals surface area contributed by atoms with Crippen molar-refractivity contribution in [2.75, 3.05) is 31.1 Å². The zero-order valence-corrected chi connectivity index (χ0v) is 18.3. The molecule has 0 spiro atoms. The van der Waals surface area contributed by atoms with Gasteiger partial charge in [0, 0.05) is 55.1 Å². The summed E-state index contributed by atoms with van der Waals surface area (Å²) in [5.41, 5.74) is 1.15. The molecule has 1 aliphatic heterocycles. The van der Waals surface area contributed by atoms with E-state index in [0.717, 1.165) is 73.4 Å². The number of nitrogens with zero attached hydrogens (tertiary/aromatic N) is 4. The lowest BCUT2D eigenvalue weighted by atomic mass is 9.97. The minimum Gasteiger partial charge on any atom is -0.343 e. The molecule has 152 valence electrons. The van der Waals surface area contributed by atoms with E-state index in [1.54, 1.807) is 0 Å². The van der Waals surface area contributed by atoms with Crippen LogP contribution in [0.3, 0.4) is 0 Å². The number of aromatic nitrogens is 2. The number of halogens is 1. The van der Waals surface area contributed by atoms with E-state index in [-0.39, 0.29) is 5.92 Å². The van der Waals surface area contributed by atoms with Gasteiger partial charge in [-0.25, -0.2) is 4.98 Å². The minimum atomic E-state index is 0.180. The Labute approximate surface area is 176 Å². The summed E-state index contributed by atoms with van der Waals surface area (Å²) in [6, 6.07) is 7.81. The maximum Gasteiger partial charge on any atom is 0.225 e. The Bertz CT molecular complexity index is 756. The van der Waals surface area contributed by atoms with E-state index in [9.17, 15) is 4.79 Å². The van der Waals surface area contributed by atoms with Crippen LogP contribution in [0.25, 0.3) is 0 Å². The number of amides is 1. The van der Waals surface area contributed by atoms with Crippen LogP contribution >= 0.6 is 23.1 Å². The highest BCUT2D eigenvalue weighted by atomic mass is 35.5. The minimum absolute atomic E-state index is 0.180. The smallest absolute Gasteiger partial charge is 0.225 e. The summed E-state index contributed by atoms with van der Waals surface area (Å²) in [7, 11) is 0. The summed E-state index contributed by atoms with van der Waals surface area (Å²) in [6.45, 7) is 7.50. The van der Waals surface area contributed by atoms with Crippen molar-refractivity contribution in [1.82, 2.24) is 14.3 Å². The number of unbranched alkanes of at least 4 members (excludes halogenated alkanes) is 1. The van der Waals surface area contributed by atoms with Crippen LogP contribution in [0.15, 0.2) is 24.3 Å². The fraction of sp³-hybridized carbons (Fsp3) is 0.571. The second kappa shape index (κ2) is 10.2. The lowest BCUT2D eigenvalue weighted by Crippen LogP contribution is -2.50. The lowest BCUT2D eigenvalue weighted by molar-refractivity contribution is -0.136. The van der Waals surface area contributed by atoms with E-state index in [1.165, 1.54) is 11.5 Å². The second-order valence-corrected chi connectivity index (χ2v) is 8.52. The average Bonchev–Trinajstić information content (AvgIpc) is 3.19. The summed E-state index contributed by atoms with van der Waals surface area (Å²) >= 11 is 7.39. The molecule has 1 aromatic heterocycles. The predicted molar refractivity (Wildman–Crippen MR) is 116 cm³/mol. The van der Waals surface area contributed by atoms with Crippen molar-refractivity contribution in [2.24, 2.45) is 5.92 Å².